The first-order valence-electron chi connectivity index (χ1n) is 13.0. The molecule has 3 aliphatic rings. The van der Waals surface area contributed by atoms with Crippen LogP contribution in [0, 0.1) is 0 Å². The van der Waals surface area contributed by atoms with E-state index in [0.29, 0.717) is 28.1 Å². The van der Waals surface area contributed by atoms with Gasteiger partial charge in [0.05, 0.1) is 17.4 Å². The first-order chi connectivity index (χ1) is 17.9. The van der Waals surface area contributed by atoms with Gasteiger partial charge in [-0.2, -0.15) is 4.98 Å². The average molecular weight is 500 g/mol. The summed E-state index contributed by atoms with van der Waals surface area (Å²) in [4.78, 5) is 27.1. The molecule has 1 spiro atoms. The quantitative estimate of drug-likeness (QED) is 0.408. The van der Waals surface area contributed by atoms with Gasteiger partial charge in [-0.3, -0.25) is 14.2 Å². The fourth-order valence-electron chi connectivity index (χ4n) is 5.54. The van der Waals surface area contributed by atoms with Crippen molar-refractivity contribution in [2.75, 3.05) is 18.5 Å². The van der Waals surface area contributed by atoms with Crippen molar-refractivity contribution in [3.05, 3.63) is 69.9 Å². The van der Waals surface area contributed by atoms with Gasteiger partial charge in [0.15, 0.2) is 5.65 Å². The minimum absolute atomic E-state index is 0.109. The van der Waals surface area contributed by atoms with Gasteiger partial charge in [-0.25, -0.2) is 14.3 Å². The summed E-state index contributed by atoms with van der Waals surface area (Å²) in [6.07, 6.45) is 7.64. The molecule has 8 nitrogen and oxygen atoms in total. The van der Waals surface area contributed by atoms with E-state index < -0.39 is 12.1 Å². The summed E-state index contributed by atoms with van der Waals surface area (Å²) in [5, 5.41) is 7.37. The monoisotopic (exact) mass is 499 g/mol. The van der Waals surface area contributed by atoms with Crippen LogP contribution in [0.4, 0.5) is 16.0 Å². The maximum absolute atomic E-state index is 13.7. The van der Waals surface area contributed by atoms with Crippen LogP contribution in [0.15, 0.2) is 47.5 Å². The molecule has 7 rings (SSSR count). The Morgan fingerprint density at radius 3 is 2.78 bits per heavy atom. The number of fused-ring (bicyclic) bond motifs is 3. The van der Waals surface area contributed by atoms with Gasteiger partial charge in [0, 0.05) is 42.0 Å². The van der Waals surface area contributed by atoms with Gasteiger partial charge in [0.2, 0.25) is 5.95 Å². The summed E-state index contributed by atoms with van der Waals surface area (Å²) in [5.41, 5.74) is 5.07. The maximum Gasteiger partial charge on any atom is 0.278 e. The first kappa shape index (κ1) is 22.6. The molecule has 2 saturated carbocycles. The predicted octanol–water partition coefficient (Wildman–Crippen LogP) is 4.44. The highest BCUT2D eigenvalue weighted by Crippen LogP contribution is 2.50. The minimum Gasteiger partial charge on any atom is -0.324 e. The number of nitrogens with zero attached hydrogens (tertiary/aromatic N) is 5. The van der Waals surface area contributed by atoms with E-state index in [9.17, 15) is 9.18 Å². The second-order valence-corrected chi connectivity index (χ2v) is 11.4. The molecule has 2 N–H and O–H groups in total. The van der Waals surface area contributed by atoms with Crippen LogP contribution in [0.2, 0.25) is 0 Å². The van der Waals surface area contributed by atoms with E-state index >= 15 is 0 Å². The van der Waals surface area contributed by atoms with Crippen molar-refractivity contribution in [1.29, 1.82) is 0 Å². The van der Waals surface area contributed by atoms with Crippen molar-refractivity contribution in [1.82, 2.24) is 29.6 Å². The lowest BCUT2D eigenvalue weighted by Gasteiger charge is -2.26. The third kappa shape index (κ3) is 3.67. The van der Waals surface area contributed by atoms with E-state index in [1.165, 1.54) is 24.0 Å². The first-order valence-corrected chi connectivity index (χ1v) is 13.0. The number of nitrogens with one attached hydrogen (secondary N) is 2. The number of benzene rings is 1. The SMILES string of the molecule is CC(C)(CF)c1cc(-n2c3nc(Nc4ccc5c(c4)CNCC54CC4)ncc3c(=O)n2C2CC2)ccn1. The van der Waals surface area contributed by atoms with Gasteiger partial charge < -0.3 is 10.6 Å². The normalized spacial score (nSPS) is 18.2. The number of hydrogen-bond acceptors (Lipinski definition) is 6. The summed E-state index contributed by atoms with van der Waals surface area (Å²) in [7, 11) is 0. The third-order valence-electron chi connectivity index (χ3n) is 8.10. The molecule has 9 heteroatoms. The Balaban J connectivity index is 1.31. The largest absolute Gasteiger partial charge is 0.324 e. The highest BCUT2D eigenvalue weighted by Gasteiger charge is 2.46. The van der Waals surface area contributed by atoms with E-state index in [1.54, 1.807) is 17.1 Å². The van der Waals surface area contributed by atoms with Crippen LogP contribution in [0.5, 0.6) is 0 Å². The van der Waals surface area contributed by atoms with Gasteiger partial charge in [0.25, 0.3) is 5.56 Å². The van der Waals surface area contributed by atoms with E-state index in [2.05, 4.69) is 38.8 Å². The molecule has 0 radical (unpaired) electrons. The van der Waals surface area contributed by atoms with Crippen LogP contribution in [0.1, 0.15) is 62.4 Å². The lowest BCUT2D eigenvalue weighted by Crippen LogP contribution is -2.33. The van der Waals surface area contributed by atoms with Gasteiger partial charge in [0.1, 0.15) is 12.1 Å². The van der Waals surface area contributed by atoms with E-state index in [1.807, 2.05) is 30.7 Å². The molecule has 2 aliphatic carbocycles. The van der Waals surface area contributed by atoms with Crippen molar-refractivity contribution >= 4 is 22.7 Å². The van der Waals surface area contributed by atoms with E-state index in [-0.39, 0.29) is 11.6 Å². The molecule has 4 heterocycles. The molecule has 0 unspecified atom stereocenters. The van der Waals surface area contributed by atoms with Crippen molar-refractivity contribution in [2.24, 2.45) is 0 Å². The van der Waals surface area contributed by atoms with Crippen LogP contribution < -0.4 is 16.2 Å². The van der Waals surface area contributed by atoms with E-state index in [4.69, 9.17) is 4.98 Å². The van der Waals surface area contributed by atoms with Gasteiger partial charge in [-0.1, -0.05) is 19.9 Å². The highest BCUT2D eigenvalue weighted by atomic mass is 19.1. The summed E-state index contributed by atoms with van der Waals surface area (Å²) in [6, 6.07) is 10.3. The molecule has 1 aliphatic heterocycles. The fourth-order valence-corrected chi connectivity index (χ4v) is 5.54. The van der Waals surface area contributed by atoms with Crippen molar-refractivity contribution < 1.29 is 4.39 Å². The predicted molar refractivity (Wildman–Crippen MR) is 141 cm³/mol. The smallest absolute Gasteiger partial charge is 0.278 e. The molecule has 2 fully saturated rings. The van der Waals surface area contributed by atoms with Gasteiger partial charge in [-0.05, 0) is 61.1 Å². The number of hydrogen-bond donors (Lipinski definition) is 2. The number of halogens is 1. The van der Waals surface area contributed by atoms with Crippen molar-refractivity contribution in [2.45, 2.75) is 62.9 Å². The number of alkyl halides is 1. The van der Waals surface area contributed by atoms with Gasteiger partial charge in [-0.15, -0.1) is 0 Å². The Kier molecular flexibility index (Phi) is 4.86. The Morgan fingerprint density at radius 2 is 2.03 bits per heavy atom. The second kappa shape index (κ2) is 7.95. The molecule has 3 aromatic heterocycles. The molecule has 0 saturated heterocycles. The van der Waals surface area contributed by atoms with Crippen LogP contribution in [0.3, 0.4) is 0 Å². The topological polar surface area (TPSA) is 89.7 Å². The minimum atomic E-state index is -0.730. The number of rotatable bonds is 6. The average Bonchev–Trinajstić information content (AvgIpc) is 3.84. The van der Waals surface area contributed by atoms with Crippen LogP contribution in [-0.2, 0) is 17.4 Å². The Bertz CT molecular complexity index is 1600. The van der Waals surface area contributed by atoms with Crippen LogP contribution >= 0.6 is 0 Å². The lowest BCUT2D eigenvalue weighted by atomic mass is 9.88. The fraction of sp³-hybridized carbons (Fsp3) is 0.429. The number of anilines is 2. The summed E-state index contributed by atoms with van der Waals surface area (Å²) in [6.45, 7) is 5.03. The third-order valence-corrected chi connectivity index (χ3v) is 8.10. The molecule has 1 aromatic carbocycles. The molecular formula is C28H30FN7O. The standard InChI is InChI=1S/C28H30FN7O/c1-27(2,15-29)23-12-20(7-10-31-23)35-24-21(25(37)36(35)19-4-5-19)14-32-26(34-24)33-18-3-6-22-17(11-18)13-30-16-28(22)8-9-28/h3,6-7,10-12,14,19,30H,4-5,8-9,13,15-16H2,1-2H3,(H,32,33,34). The van der Waals surface area contributed by atoms with Crippen molar-refractivity contribution in [3.8, 4) is 5.69 Å². The number of aromatic nitrogens is 5. The van der Waals surface area contributed by atoms with Crippen LogP contribution in [0.25, 0.3) is 16.7 Å². The zero-order chi connectivity index (χ0) is 25.4. The molecule has 37 heavy (non-hydrogen) atoms. The zero-order valence-corrected chi connectivity index (χ0v) is 21.1. The molecule has 0 atom stereocenters. The van der Waals surface area contributed by atoms with Gasteiger partial charge >= 0.3 is 0 Å². The highest BCUT2D eigenvalue weighted by molar-refractivity contribution is 5.77. The molecule has 0 bridgehead atoms. The second-order valence-electron chi connectivity index (χ2n) is 11.4. The van der Waals surface area contributed by atoms with Crippen LogP contribution in [-0.4, -0.2) is 37.5 Å². The summed E-state index contributed by atoms with van der Waals surface area (Å²) < 4.78 is 17.4. The Hall–Kier alpha value is -3.59. The summed E-state index contributed by atoms with van der Waals surface area (Å²) >= 11 is 0. The van der Waals surface area contributed by atoms with Crippen molar-refractivity contribution in [3.63, 3.8) is 0 Å². The zero-order valence-electron chi connectivity index (χ0n) is 21.1. The number of pyridine rings is 1. The summed E-state index contributed by atoms with van der Waals surface area (Å²) in [5.74, 6) is 0.428. The lowest BCUT2D eigenvalue weighted by molar-refractivity contribution is 0.344. The maximum atomic E-state index is 13.7. The molecular weight excluding hydrogens is 469 g/mol. The molecule has 4 aromatic rings. The molecule has 0 amide bonds. The van der Waals surface area contributed by atoms with E-state index in [0.717, 1.165) is 37.3 Å². The Labute approximate surface area is 213 Å². The Morgan fingerprint density at radius 1 is 1.19 bits per heavy atom. The molecule has 190 valence electrons.